The van der Waals surface area contributed by atoms with Crippen LogP contribution in [-0.2, 0) is 16.1 Å². The monoisotopic (exact) mass is 329 g/mol. The summed E-state index contributed by atoms with van der Waals surface area (Å²) in [5.41, 5.74) is 11.6. The lowest BCUT2D eigenvalue weighted by molar-refractivity contribution is -0.120. The van der Waals surface area contributed by atoms with Crippen LogP contribution >= 0.6 is 0 Å². The Kier molecular flexibility index (Phi) is 5.67. The SMILES string of the molecule is NC(=O)CC[C@@H](NC(=O)c1cccc(Cn2cccn2)c1)C(N)=O. The molecular weight excluding hydrogens is 310 g/mol. The molecule has 0 spiro atoms. The Bertz CT molecular complexity index is 727. The summed E-state index contributed by atoms with van der Waals surface area (Å²) in [6, 6.07) is 7.83. The van der Waals surface area contributed by atoms with Crippen molar-refractivity contribution in [2.45, 2.75) is 25.4 Å². The van der Waals surface area contributed by atoms with E-state index in [1.807, 2.05) is 18.3 Å². The second-order valence-electron chi connectivity index (χ2n) is 5.34. The van der Waals surface area contributed by atoms with Crippen molar-refractivity contribution in [2.75, 3.05) is 0 Å². The quantitative estimate of drug-likeness (QED) is 0.617. The standard InChI is InChI=1S/C16H19N5O3/c17-14(22)6-5-13(15(18)23)20-16(24)12-4-1-3-11(9-12)10-21-8-2-7-19-21/h1-4,7-9,13H,5-6,10H2,(H2,17,22)(H2,18,23)(H,20,24)/t13-/m1/s1. The van der Waals surface area contributed by atoms with Crippen LogP contribution in [0, 0.1) is 0 Å². The van der Waals surface area contributed by atoms with E-state index in [1.165, 1.54) is 0 Å². The normalized spacial score (nSPS) is 11.7. The first kappa shape index (κ1) is 17.2. The number of hydrogen-bond donors (Lipinski definition) is 3. The molecule has 24 heavy (non-hydrogen) atoms. The van der Waals surface area contributed by atoms with Crippen LogP contribution in [0.2, 0.25) is 0 Å². The molecule has 5 N–H and O–H groups in total. The third-order valence-electron chi connectivity index (χ3n) is 3.42. The molecule has 1 heterocycles. The van der Waals surface area contributed by atoms with E-state index in [9.17, 15) is 14.4 Å². The molecular formula is C16H19N5O3. The van der Waals surface area contributed by atoms with Crippen LogP contribution in [0.4, 0.5) is 0 Å². The molecule has 0 radical (unpaired) electrons. The number of amides is 3. The number of nitrogens with two attached hydrogens (primary N) is 2. The molecule has 1 aromatic carbocycles. The lowest BCUT2D eigenvalue weighted by Gasteiger charge is -2.15. The van der Waals surface area contributed by atoms with Crippen molar-refractivity contribution in [1.29, 1.82) is 0 Å². The molecule has 0 bridgehead atoms. The first-order valence-corrected chi connectivity index (χ1v) is 7.40. The maximum atomic E-state index is 12.3. The second kappa shape index (κ2) is 7.91. The Morgan fingerprint density at radius 1 is 1.21 bits per heavy atom. The largest absolute Gasteiger partial charge is 0.370 e. The summed E-state index contributed by atoms with van der Waals surface area (Å²) >= 11 is 0. The number of primary amides is 2. The fourth-order valence-electron chi connectivity index (χ4n) is 2.21. The number of rotatable bonds is 8. The third kappa shape index (κ3) is 4.94. The molecule has 2 rings (SSSR count). The van der Waals surface area contributed by atoms with E-state index in [4.69, 9.17) is 11.5 Å². The van der Waals surface area contributed by atoms with Gasteiger partial charge in [0, 0.05) is 24.4 Å². The molecule has 0 aliphatic rings. The Hall–Kier alpha value is -3.16. The second-order valence-corrected chi connectivity index (χ2v) is 5.34. The minimum atomic E-state index is -0.945. The number of carbonyl (C=O) groups is 3. The minimum absolute atomic E-state index is 0.0345. The Labute approximate surface area is 138 Å². The van der Waals surface area contributed by atoms with Crippen LogP contribution < -0.4 is 16.8 Å². The van der Waals surface area contributed by atoms with E-state index in [1.54, 1.807) is 29.1 Å². The summed E-state index contributed by atoms with van der Waals surface area (Å²) in [5, 5.41) is 6.64. The van der Waals surface area contributed by atoms with Crippen LogP contribution in [0.1, 0.15) is 28.8 Å². The molecule has 0 fully saturated rings. The maximum absolute atomic E-state index is 12.3. The van der Waals surface area contributed by atoms with Crippen molar-refractivity contribution in [1.82, 2.24) is 15.1 Å². The first-order valence-electron chi connectivity index (χ1n) is 7.40. The number of hydrogen-bond acceptors (Lipinski definition) is 4. The Morgan fingerprint density at radius 3 is 2.62 bits per heavy atom. The zero-order valence-electron chi connectivity index (χ0n) is 13.0. The van der Waals surface area contributed by atoms with E-state index in [-0.39, 0.29) is 12.8 Å². The van der Waals surface area contributed by atoms with E-state index >= 15 is 0 Å². The molecule has 0 aliphatic heterocycles. The number of carbonyl (C=O) groups excluding carboxylic acids is 3. The minimum Gasteiger partial charge on any atom is -0.370 e. The zero-order chi connectivity index (χ0) is 17.5. The highest BCUT2D eigenvalue weighted by Gasteiger charge is 2.19. The fourth-order valence-corrected chi connectivity index (χ4v) is 2.21. The number of benzene rings is 1. The summed E-state index contributed by atoms with van der Waals surface area (Å²) < 4.78 is 1.73. The van der Waals surface area contributed by atoms with Gasteiger partial charge in [-0.1, -0.05) is 12.1 Å². The fraction of sp³-hybridized carbons (Fsp3) is 0.250. The molecule has 126 valence electrons. The summed E-state index contributed by atoms with van der Waals surface area (Å²) in [4.78, 5) is 34.5. The van der Waals surface area contributed by atoms with Gasteiger partial charge in [0.1, 0.15) is 6.04 Å². The average molecular weight is 329 g/mol. The van der Waals surface area contributed by atoms with Crippen LogP contribution in [0.3, 0.4) is 0 Å². The third-order valence-corrected chi connectivity index (χ3v) is 3.42. The van der Waals surface area contributed by atoms with E-state index in [2.05, 4.69) is 10.4 Å². The van der Waals surface area contributed by atoms with Crippen LogP contribution in [0.25, 0.3) is 0 Å². The summed E-state index contributed by atoms with van der Waals surface area (Å²) in [6.45, 7) is 0.523. The van der Waals surface area contributed by atoms with Crippen molar-refractivity contribution < 1.29 is 14.4 Å². The van der Waals surface area contributed by atoms with Crippen LogP contribution in [-0.4, -0.2) is 33.5 Å². The van der Waals surface area contributed by atoms with E-state index in [0.717, 1.165) is 5.56 Å². The molecule has 3 amide bonds. The molecule has 0 saturated heterocycles. The van der Waals surface area contributed by atoms with Crippen molar-refractivity contribution in [3.63, 3.8) is 0 Å². The summed E-state index contributed by atoms with van der Waals surface area (Å²) in [6.07, 6.45) is 3.53. The molecule has 8 heteroatoms. The molecule has 0 unspecified atom stereocenters. The summed E-state index contributed by atoms with van der Waals surface area (Å²) in [5.74, 6) is -1.71. The van der Waals surface area contributed by atoms with Crippen molar-refractivity contribution in [3.8, 4) is 0 Å². The van der Waals surface area contributed by atoms with Crippen molar-refractivity contribution in [3.05, 3.63) is 53.9 Å². The van der Waals surface area contributed by atoms with Gasteiger partial charge in [0.25, 0.3) is 5.91 Å². The number of aromatic nitrogens is 2. The molecule has 2 aromatic rings. The predicted octanol–water partition coefficient (Wildman–Crippen LogP) is -0.219. The van der Waals surface area contributed by atoms with Gasteiger partial charge in [-0.15, -0.1) is 0 Å². The van der Waals surface area contributed by atoms with Gasteiger partial charge in [-0.05, 0) is 30.2 Å². The maximum Gasteiger partial charge on any atom is 0.251 e. The summed E-state index contributed by atoms with van der Waals surface area (Å²) in [7, 11) is 0. The van der Waals surface area contributed by atoms with Gasteiger partial charge in [0.15, 0.2) is 0 Å². The highest BCUT2D eigenvalue weighted by Crippen LogP contribution is 2.08. The Balaban J connectivity index is 2.05. The molecule has 1 atom stereocenters. The van der Waals surface area contributed by atoms with Crippen molar-refractivity contribution >= 4 is 17.7 Å². The van der Waals surface area contributed by atoms with Gasteiger partial charge in [-0.25, -0.2) is 0 Å². The topological polar surface area (TPSA) is 133 Å². The molecule has 8 nitrogen and oxygen atoms in total. The molecule has 1 aromatic heterocycles. The van der Waals surface area contributed by atoms with Crippen LogP contribution in [0.15, 0.2) is 42.7 Å². The van der Waals surface area contributed by atoms with E-state index < -0.39 is 23.8 Å². The van der Waals surface area contributed by atoms with Crippen molar-refractivity contribution in [2.24, 2.45) is 11.5 Å². The lowest BCUT2D eigenvalue weighted by Crippen LogP contribution is -2.44. The van der Waals surface area contributed by atoms with Gasteiger partial charge in [-0.3, -0.25) is 19.1 Å². The van der Waals surface area contributed by atoms with Crippen LogP contribution in [0.5, 0.6) is 0 Å². The highest BCUT2D eigenvalue weighted by molar-refractivity contribution is 5.97. The van der Waals surface area contributed by atoms with Gasteiger partial charge >= 0.3 is 0 Å². The Morgan fingerprint density at radius 2 is 2.00 bits per heavy atom. The van der Waals surface area contributed by atoms with Gasteiger partial charge in [0.05, 0.1) is 6.54 Å². The van der Waals surface area contributed by atoms with Gasteiger partial charge in [0.2, 0.25) is 11.8 Å². The number of nitrogens with one attached hydrogen (secondary N) is 1. The zero-order valence-corrected chi connectivity index (χ0v) is 13.0. The number of nitrogens with zero attached hydrogens (tertiary/aromatic N) is 2. The lowest BCUT2D eigenvalue weighted by atomic mass is 10.1. The predicted molar refractivity (Wildman–Crippen MR) is 86.6 cm³/mol. The highest BCUT2D eigenvalue weighted by atomic mass is 16.2. The average Bonchev–Trinajstić information content (AvgIpc) is 3.04. The molecule has 0 saturated carbocycles. The molecule has 0 aliphatic carbocycles. The smallest absolute Gasteiger partial charge is 0.251 e. The van der Waals surface area contributed by atoms with E-state index in [0.29, 0.717) is 12.1 Å². The van der Waals surface area contributed by atoms with Gasteiger partial charge in [-0.2, -0.15) is 5.10 Å². The van der Waals surface area contributed by atoms with Gasteiger partial charge < -0.3 is 16.8 Å². The first-order chi connectivity index (χ1) is 11.5.